The van der Waals surface area contributed by atoms with Gasteiger partial charge in [-0.25, -0.2) is 0 Å². The molecule has 0 aromatic rings. The number of esters is 1. The van der Waals surface area contributed by atoms with Crippen molar-refractivity contribution in [2.24, 2.45) is 0 Å². The summed E-state index contributed by atoms with van der Waals surface area (Å²) in [5.74, 6) is -0.580. The van der Waals surface area contributed by atoms with E-state index in [2.05, 4.69) is 111 Å². The van der Waals surface area contributed by atoms with Crippen molar-refractivity contribution in [2.75, 3.05) is 40.9 Å². The van der Waals surface area contributed by atoms with Gasteiger partial charge < -0.3 is 28.5 Å². The average molecular weight is 1070 g/mol. The Balaban J connectivity index is 5.28. The van der Waals surface area contributed by atoms with E-state index >= 15 is 0 Å². The van der Waals surface area contributed by atoms with Crippen LogP contribution in [0.15, 0.2) is 97.2 Å². The maximum atomic E-state index is 13.5. The number of allylic oxidation sites excluding steroid dienone is 15. The predicted octanol–water partition coefficient (Wildman–Crippen LogP) is 18.1. The van der Waals surface area contributed by atoms with Crippen LogP contribution in [0.1, 0.15) is 252 Å². The van der Waals surface area contributed by atoms with E-state index in [0.29, 0.717) is 17.4 Å². The van der Waals surface area contributed by atoms with Gasteiger partial charge in [0.05, 0.1) is 33.8 Å². The highest BCUT2D eigenvalue weighted by atomic mass is 31.2. The van der Waals surface area contributed by atoms with E-state index in [-0.39, 0.29) is 31.3 Å². The van der Waals surface area contributed by atoms with E-state index < -0.39 is 26.6 Å². The van der Waals surface area contributed by atoms with E-state index in [0.717, 1.165) is 116 Å². The van der Waals surface area contributed by atoms with Crippen LogP contribution < -0.4 is 10.2 Å². The van der Waals surface area contributed by atoms with Crippen LogP contribution >= 0.6 is 7.82 Å². The van der Waals surface area contributed by atoms with Crippen molar-refractivity contribution in [3.63, 3.8) is 0 Å². The second-order valence-corrected chi connectivity index (χ2v) is 22.9. The molecule has 1 amide bonds. The quantitative estimate of drug-likeness (QED) is 0.0212. The Morgan fingerprint density at radius 3 is 1.31 bits per heavy atom. The third-order valence-electron chi connectivity index (χ3n) is 13.0. The molecule has 3 unspecified atom stereocenters. The lowest BCUT2D eigenvalue weighted by molar-refractivity contribution is -0.870. The third-order valence-corrected chi connectivity index (χ3v) is 14.0. The van der Waals surface area contributed by atoms with Crippen molar-refractivity contribution >= 4 is 19.7 Å². The summed E-state index contributed by atoms with van der Waals surface area (Å²) in [6.45, 7) is 6.68. The Bertz CT molecular complexity index is 1610. The van der Waals surface area contributed by atoms with E-state index in [1.165, 1.54) is 96.3 Å². The fraction of sp³-hybridized carbons (Fsp3) is 0.723. The Kier molecular flexibility index (Phi) is 52.1. The monoisotopic (exact) mass is 1070 g/mol. The molecule has 3 atom stereocenters. The van der Waals surface area contributed by atoms with Gasteiger partial charge in [-0.1, -0.05) is 227 Å². The number of hydrogen-bond donors (Lipinski definition) is 1. The zero-order chi connectivity index (χ0) is 55.0. The molecule has 0 radical (unpaired) electrons. The van der Waals surface area contributed by atoms with Gasteiger partial charge in [-0.05, 0) is 109 Å². The molecule has 0 fully saturated rings. The molecule has 0 bridgehead atoms. The summed E-state index contributed by atoms with van der Waals surface area (Å²) >= 11 is 0. The summed E-state index contributed by atoms with van der Waals surface area (Å²) in [6.07, 6.45) is 72.3. The summed E-state index contributed by atoms with van der Waals surface area (Å²) in [5, 5.41) is 3.01. The number of carbonyl (C=O) groups is 2. The second-order valence-electron chi connectivity index (χ2n) is 21.5. The number of phosphoric acid groups is 1. The van der Waals surface area contributed by atoms with Crippen molar-refractivity contribution in [3.8, 4) is 0 Å². The summed E-state index contributed by atoms with van der Waals surface area (Å²) < 4.78 is 30.2. The Labute approximate surface area is 462 Å². The normalized spacial score (nSPS) is 14.4. The summed E-state index contributed by atoms with van der Waals surface area (Å²) in [4.78, 5) is 39.9. The molecule has 432 valence electrons. The van der Waals surface area contributed by atoms with Gasteiger partial charge in [-0.15, -0.1) is 0 Å². The van der Waals surface area contributed by atoms with Crippen molar-refractivity contribution in [2.45, 2.75) is 264 Å². The van der Waals surface area contributed by atoms with Crippen molar-refractivity contribution < 1.29 is 37.3 Å². The number of nitrogens with one attached hydrogen (secondary N) is 1. The Morgan fingerprint density at radius 2 is 0.853 bits per heavy atom. The molecule has 0 aliphatic heterocycles. The van der Waals surface area contributed by atoms with Crippen LogP contribution in [0.5, 0.6) is 0 Å². The molecule has 0 heterocycles. The molecule has 0 aliphatic rings. The van der Waals surface area contributed by atoms with Crippen LogP contribution in [0.25, 0.3) is 0 Å². The highest BCUT2D eigenvalue weighted by Crippen LogP contribution is 2.38. The van der Waals surface area contributed by atoms with Crippen LogP contribution in [-0.2, 0) is 27.9 Å². The maximum Gasteiger partial charge on any atom is 0.306 e. The molecule has 0 aliphatic carbocycles. The van der Waals surface area contributed by atoms with Gasteiger partial charge in [-0.2, -0.15) is 0 Å². The highest BCUT2D eigenvalue weighted by Gasteiger charge is 2.27. The molecular weight excluding hydrogens is 952 g/mol. The molecule has 1 N–H and O–H groups in total. The molecule has 0 saturated heterocycles. The molecule has 75 heavy (non-hydrogen) atoms. The van der Waals surface area contributed by atoms with E-state index in [9.17, 15) is 19.0 Å². The first kappa shape index (κ1) is 71.9. The number of carbonyl (C=O) groups excluding carboxylic acids is 2. The lowest BCUT2D eigenvalue weighted by Crippen LogP contribution is -2.47. The molecule has 0 saturated carbocycles. The Hall–Kier alpha value is -3.07. The standard InChI is InChI=1S/C65H115N2O7P/c1-7-10-13-16-19-22-25-27-29-30-31-32-33-34-35-36-38-39-42-45-48-51-54-57-64(68)66-62(61-73-75(70,71)72-60-59-67(4,5)6)63(56-53-50-47-44-41-24-21-18-15-12-9-3)74-65(69)58-55-52-49-46-43-40-37-28-26-23-20-17-14-11-8-2/h10,13,19,22-23,26-27,29,31-32,34-35,38-39,53,56,62-63H,7-9,11-12,14-18,20-21,24-25,28,30,33,36-37,40-52,54-55,57-61H2,1-6H3,(H-,66,68,70,71)/b13-10-,22-19-,26-23-,29-27-,32-31-,35-34-,39-38-,56-53-. The van der Waals surface area contributed by atoms with Crippen molar-refractivity contribution in [1.82, 2.24) is 5.32 Å². The second kappa shape index (κ2) is 54.3. The molecule has 0 aromatic heterocycles. The van der Waals surface area contributed by atoms with Crippen molar-refractivity contribution in [3.05, 3.63) is 97.2 Å². The third kappa shape index (κ3) is 55.5. The highest BCUT2D eigenvalue weighted by molar-refractivity contribution is 7.45. The number of ether oxygens (including phenoxy) is 1. The number of rotatable bonds is 54. The molecule has 0 aromatic carbocycles. The lowest BCUT2D eigenvalue weighted by Gasteiger charge is -2.30. The fourth-order valence-corrected chi connectivity index (χ4v) is 9.01. The first-order valence-corrected chi connectivity index (χ1v) is 32.0. The van der Waals surface area contributed by atoms with Crippen LogP contribution in [0.4, 0.5) is 0 Å². The number of nitrogens with zero attached hydrogens (tertiary/aromatic N) is 1. The molecule has 0 spiro atoms. The van der Waals surface area contributed by atoms with Gasteiger partial charge in [0.2, 0.25) is 5.91 Å². The number of quaternary nitrogens is 1. The number of hydrogen-bond acceptors (Lipinski definition) is 7. The smallest absolute Gasteiger partial charge is 0.306 e. The number of likely N-dealkylation sites (N-methyl/N-ethyl adjacent to an activating group) is 1. The zero-order valence-electron chi connectivity index (χ0n) is 49.2. The fourth-order valence-electron chi connectivity index (χ4n) is 8.28. The van der Waals surface area contributed by atoms with Crippen LogP contribution in [0, 0.1) is 0 Å². The number of amides is 1. The van der Waals surface area contributed by atoms with E-state index in [1.54, 1.807) is 0 Å². The van der Waals surface area contributed by atoms with Gasteiger partial charge in [-0.3, -0.25) is 14.2 Å². The summed E-state index contributed by atoms with van der Waals surface area (Å²) in [5.41, 5.74) is 0. The molecule has 10 heteroatoms. The van der Waals surface area contributed by atoms with Gasteiger partial charge in [0.25, 0.3) is 7.82 Å². The molecule has 9 nitrogen and oxygen atoms in total. The minimum absolute atomic E-state index is 0.0327. The molecule has 0 rings (SSSR count). The van der Waals surface area contributed by atoms with Gasteiger partial charge in [0.15, 0.2) is 0 Å². The van der Waals surface area contributed by atoms with Crippen LogP contribution in [-0.4, -0.2) is 69.4 Å². The van der Waals surface area contributed by atoms with Gasteiger partial charge in [0.1, 0.15) is 19.3 Å². The van der Waals surface area contributed by atoms with E-state index in [1.807, 2.05) is 33.3 Å². The minimum atomic E-state index is -4.71. The predicted molar refractivity (Wildman–Crippen MR) is 321 cm³/mol. The van der Waals surface area contributed by atoms with Crippen molar-refractivity contribution in [1.29, 1.82) is 0 Å². The van der Waals surface area contributed by atoms with Gasteiger partial charge >= 0.3 is 5.97 Å². The first-order chi connectivity index (χ1) is 36.4. The largest absolute Gasteiger partial charge is 0.756 e. The molecular formula is C65H115N2O7P. The zero-order valence-corrected chi connectivity index (χ0v) is 50.1. The topological polar surface area (TPSA) is 114 Å². The average Bonchev–Trinajstić information content (AvgIpc) is 3.37. The minimum Gasteiger partial charge on any atom is -0.756 e. The maximum absolute atomic E-state index is 13.5. The van der Waals surface area contributed by atoms with E-state index in [4.69, 9.17) is 13.8 Å². The Morgan fingerprint density at radius 1 is 0.480 bits per heavy atom. The summed E-state index contributed by atoms with van der Waals surface area (Å²) in [6, 6.07) is -0.908. The number of phosphoric ester groups is 1. The van der Waals surface area contributed by atoms with Crippen LogP contribution in [0.3, 0.4) is 0 Å². The van der Waals surface area contributed by atoms with Gasteiger partial charge in [0, 0.05) is 12.8 Å². The SMILES string of the molecule is CC/C=C\C/C=C\C/C=C\C/C=C\C/C=C\C/C=C\CCCCCCC(=O)NC(COP(=O)([O-])OCC[N+](C)(C)C)C(/C=C\CCCCCCCCCCC)OC(=O)CCCCCCCCC/C=C\CCCCCC. The lowest BCUT2D eigenvalue weighted by atomic mass is 10.1. The van der Waals surface area contributed by atoms with Crippen LogP contribution in [0.2, 0.25) is 0 Å². The first-order valence-electron chi connectivity index (χ1n) is 30.5. The summed E-state index contributed by atoms with van der Waals surface area (Å²) in [7, 11) is 1.15. The number of unbranched alkanes of at least 4 members (excludes halogenated alkanes) is 24.